The van der Waals surface area contributed by atoms with Crippen LogP contribution in [0.25, 0.3) is 10.2 Å². The fraction of sp³-hybridized carbons (Fsp3) is 0.481. The summed E-state index contributed by atoms with van der Waals surface area (Å²) in [5, 5.41) is 1.05. The summed E-state index contributed by atoms with van der Waals surface area (Å²) in [6, 6.07) is 12.7. The maximum Gasteiger partial charge on any atom is 0.225 e. The molecule has 0 N–H and O–H groups in total. The van der Waals surface area contributed by atoms with Gasteiger partial charge >= 0.3 is 0 Å². The Kier molecular flexibility index (Phi) is 6.63. The van der Waals surface area contributed by atoms with E-state index in [1.165, 1.54) is 16.8 Å². The number of aryl methyl sites for hydroxylation is 2. The van der Waals surface area contributed by atoms with Crippen LogP contribution in [0.4, 0.5) is 10.8 Å². The number of aromatic nitrogens is 1. The standard InChI is InChI=1S/C27H34N4O2S/c1-4-33-22-7-8-23-25(18-22)34-27(28-23)31-11-9-21(10-12-31)26(32)30-15-13-29(14-16-30)24-17-19(2)5-6-20(24)3/h5-8,17-18,21H,4,9-16H2,1-3H3. The number of rotatable bonds is 5. The lowest BCUT2D eigenvalue weighted by Gasteiger charge is -2.39. The van der Waals surface area contributed by atoms with E-state index in [1.807, 2.05) is 19.1 Å². The van der Waals surface area contributed by atoms with Gasteiger partial charge in [-0.3, -0.25) is 4.79 Å². The number of carbonyl (C=O) groups is 1. The minimum atomic E-state index is 0.127. The highest BCUT2D eigenvalue weighted by Crippen LogP contribution is 2.34. The Hall–Kier alpha value is -2.80. The molecule has 0 aliphatic carbocycles. The summed E-state index contributed by atoms with van der Waals surface area (Å²) in [6.07, 6.45) is 1.80. The molecule has 0 unspecified atom stereocenters. The zero-order valence-electron chi connectivity index (χ0n) is 20.4. The van der Waals surface area contributed by atoms with Crippen molar-refractivity contribution in [2.75, 3.05) is 55.7 Å². The third kappa shape index (κ3) is 4.71. The third-order valence-electron chi connectivity index (χ3n) is 7.07. The monoisotopic (exact) mass is 478 g/mol. The molecule has 1 amide bonds. The number of carbonyl (C=O) groups excluding carboxylic acids is 1. The van der Waals surface area contributed by atoms with Crippen LogP contribution in [0.2, 0.25) is 0 Å². The highest BCUT2D eigenvalue weighted by atomic mass is 32.1. The van der Waals surface area contributed by atoms with Gasteiger partial charge in [0.15, 0.2) is 5.13 Å². The van der Waals surface area contributed by atoms with E-state index >= 15 is 0 Å². The van der Waals surface area contributed by atoms with Crippen molar-refractivity contribution in [2.24, 2.45) is 5.92 Å². The fourth-order valence-electron chi connectivity index (χ4n) is 5.09. The summed E-state index contributed by atoms with van der Waals surface area (Å²) >= 11 is 1.72. The van der Waals surface area contributed by atoms with E-state index in [1.54, 1.807) is 11.3 Å². The second-order valence-corrected chi connectivity index (χ2v) is 10.4. The number of ether oxygens (including phenoxy) is 1. The Morgan fingerprint density at radius 1 is 1.00 bits per heavy atom. The van der Waals surface area contributed by atoms with Crippen molar-refractivity contribution in [3.05, 3.63) is 47.5 Å². The second kappa shape index (κ2) is 9.82. The first-order valence-electron chi connectivity index (χ1n) is 12.4. The zero-order valence-corrected chi connectivity index (χ0v) is 21.2. The van der Waals surface area contributed by atoms with Crippen LogP contribution in [0, 0.1) is 19.8 Å². The van der Waals surface area contributed by atoms with Gasteiger partial charge in [0, 0.05) is 50.9 Å². The first-order valence-corrected chi connectivity index (χ1v) is 13.2. The normalized spacial score (nSPS) is 17.4. The number of benzene rings is 2. The van der Waals surface area contributed by atoms with Gasteiger partial charge in [-0.05, 0) is 69.0 Å². The minimum absolute atomic E-state index is 0.127. The summed E-state index contributed by atoms with van der Waals surface area (Å²) in [5.74, 6) is 1.36. The lowest BCUT2D eigenvalue weighted by Crippen LogP contribution is -2.51. The molecule has 7 heteroatoms. The van der Waals surface area contributed by atoms with Crippen LogP contribution in [-0.2, 0) is 4.79 Å². The number of hydrogen-bond donors (Lipinski definition) is 0. The molecule has 2 aliphatic heterocycles. The van der Waals surface area contributed by atoms with E-state index in [4.69, 9.17) is 9.72 Å². The number of piperidine rings is 1. The maximum atomic E-state index is 13.3. The Labute approximate surface area is 206 Å². The Morgan fingerprint density at radius 3 is 2.50 bits per heavy atom. The highest BCUT2D eigenvalue weighted by molar-refractivity contribution is 7.22. The van der Waals surface area contributed by atoms with Crippen LogP contribution in [0.3, 0.4) is 0 Å². The largest absolute Gasteiger partial charge is 0.494 e. The molecular weight excluding hydrogens is 444 g/mol. The molecule has 34 heavy (non-hydrogen) atoms. The van der Waals surface area contributed by atoms with Gasteiger partial charge < -0.3 is 19.4 Å². The van der Waals surface area contributed by atoms with E-state index in [9.17, 15) is 4.79 Å². The minimum Gasteiger partial charge on any atom is -0.494 e. The van der Waals surface area contributed by atoms with E-state index in [0.717, 1.165) is 73.2 Å². The van der Waals surface area contributed by atoms with Crippen LogP contribution in [-0.4, -0.2) is 61.7 Å². The van der Waals surface area contributed by atoms with E-state index < -0.39 is 0 Å². The Morgan fingerprint density at radius 2 is 1.76 bits per heavy atom. The number of nitrogens with zero attached hydrogens (tertiary/aromatic N) is 4. The van der Waals surface area contributed by atoms with Gasteiger partial charge in [-0.25, -0.2) is 4.98 Å². The zero-order chi connectivity index (χ0) is 23.7. The van der Waals surface area contributed by atoms with Crippen molar-refractivity contribution < 1.29 is 9.53 Å². The third-order valence-corrected chi connectivity index (χ3v) is 8.15. The molecule has 2 saturated heterocycles. The molecule has 2 aliphatic rings. The average molecular weight is 479 g/mol. The van der Waals surface area contributed by atoms with Crippen LogP contribution in [0.5, 0.6) is 5.75 Å². The van der Waals surface area contributed by atoms with Crippen LogP contribution in [0.1, 0.15) is 30.9 Å². The molecular formula is C27H34N4O2S. The number of piperazine rings is 1. The number of anilines is 2. The summed E-state index contributed by atoms with van der Waals surface area (Å²) in [4.78, 5) is 25.0. The lowest BCUT2D eigenvalue weighted by atomic mass is 9.95. The molecule has 0 saturated carbocycles. The SMILES string of the molecule is CCOc1ccc2nc(N3CCC(C(=O)N4CCN(c5cc(C)ccc5C)CC4)CC3)sc2c1. The van der Waals surface area contributed by atoms with E-state index in [0.29, 0.717) is 12.5 Å². The van der Waals surface area contributed by atoms with Crippen molar-refractivity contribution in [3.8, 4) is 5.75 Å². The van der Waals surface area contributed by atoms with Crippen LogP contribution >= 0.6 is 11.3 Å². The number of fused-ring (bicyclic) bond motifs is 1. The molecule has 3 heterocycles. The van der Waals surface area contributed by atoms with Crippen LogP contribution < -0.4 is 14.5 Å². The molecule has 3 aromatic rings. The molecule has 0 radical (unpaired) electrons. The molecule has 0 spiro atoms. The fourth-order valence-corrected chi connectivity index (χ4v) is 6.13. The quantitative estimate of drug-likeness (QED) is 0.523. The predicted octanol–water partition coefficient (Wildman–Crippen LogP) is 4.88. The summed E-state index contributed by atoms with van der Waals surface area (Å²) in [5.41, 5.74) is 4.92. The molecule has 180 valence electrons. The van der Waals surface area contributed by atoms with Gasteiger partial charge in [-0.1, -0.05) is 23.5 Å². The van der Waals surface area contributed by atoms with E-state index in [2.05, 4.69) is 52.8 Å². The van der Waals surface area contributed by atoms with Crippen molar-refractivity contribution in [1.29, 1.82) is 0 Å². The summed E-state index contributed by atoms with van der Waals surface area (Å²) in [6.45, 7) is 12.2. The number of hydrogen-bond acceptors (Lipinski definition) is 6. The smallest absolute Gasteiger partial charge is 0.225 e. The van der Waals surface area contributed by atoms with Crippen LogP contribution in [0.15, 0.2) is 36.4 Å². The topological polar surface area (TPSA) is 48.9 Å². The van der Waals surface area contributed by atoms with Gasteiger partial charge in [0.1, 0.15) is 5.75 Å². The molecule has 0 bridgehead atoms. The van der Waals surface area contributed by atoms with Crippen molar-refractivity contribution in [1.82, 2.24) is 9.88 Å². The molecule has 6 nitrogen and oxygen atoms in total. The molecule has 2 fully saturated rings. The molecule has 2 aromatic carbocycles. The average Bonchev–Trinajstić information content (AvgIpc) is 3.29. The summed E-state index contributed by atoms with van der Waals surface area (Å²) < 4.78 is 6.78. The first-order chi connectivity index (χ1) is 16.5. The van der Waals surface area contributed by atoms with Gasteiger partial charge in [0.05, 0.1) is 16.8 Å². The molecule has 1 aromatic heterocycles. The van der Waals surface area contributed by atoms with E-state index in [-0.39, 0.29) is 5.92 Å². The lowest BCUT2D eigenvalue weighted by molar-refractivity contribution is -0.136. The molecule has 0 atom stereocenters. The molecule has 5 rings (SSSR count). The summed E-state index contributed by atoms with van der Waals surface area (Å²) in [7, 11) is 0. The Bertz CT molecular complexity index is 1160. The van der Waals surface area contributed by atoms with Gasteiger partial charge in [-0.15, -0.1) is 0 Å². The maximum absolute atomic E-state index is 13.3. The van der Waals surface area contributed by atoms with Gasteiger partial charge in [0.2, 0.25) is 5.91 Å². The number of amides is 1. The van der Waals surface area contributed by atoms with Gasteiger partial charge in [-0.2, -0.15) is 0 Å². The first kappa shape index (κ1) is 23.0. The highest BCUT2D eigenvalue weighted by Gasteiger charge is 2.31. The van der Waals surface area contributed by atoms with Gasteiger partial charge in [0.25, 0.3) is 0 Å². The predicted molar refractivity (Wildman–Crippen MR) is 140 cm³/mol. The van der Waals surface area contributed by atoms with Crippen molar-refractivity contribution in [3.63, 3.8) is 0 Å². The van der Waals surface area contributed by atoms with Crippen molar-refractivity contribution >= 4 is 38.3 Å². The second-order valence-electron chi connectivity index (χ2n) is 9.42. The van der Waals surface area contributed by atoms with Crippen molar-refractivity contribution in [2.45, 2.75) is 33.6 Å². The Balaban J connectivity index is 1.16. The number of thiazole rings is 1.